The summed E-state index contributed by atoms with van der Waals surface area (Å²) in [7, 11) is 0. The van der Waals surface area contributed by atoms with Crippen molar-refractivity contribution in [1.82, 2.24) is 14.5 Å². The van der Waals surface area contributed by atoms with Crippen LogP contribution in [-0.4, -0.2) is 14.5 Å². The van der Waals surface area contributed by atoms with Crippen LogP contribution in [0.15, 0.2) is 72.8 Å². The summed E-state index contributed by atoms with van der Waals surface area (Å²) >= 11 is 0. The number of para-hydroxylation sites is 3. The van der Waals surface area contributed by atoms with Crippen molar-refractivity contribution >= 4 is 33.6 Å². The number of fused-ring (bicyclic) bond motifs is 2. The van der Waals surface area contributed by atoms with Gasteiger partial charge in [0.25, 0.3) is 0 Å². The van der Waals surface area contributed by atoms with Crippen LogP contribution in [0, 0.1) is 24.1 Å². The fourth-order valence-corrected chi connectivity index (χ4v) is 4.02. The van der Waals surface area contributed by atoms with Crippen LogP contribution in [0.1, 0.15) is 22.6 Å². The van der Waals surface area contributed by atoms with E-state index >= 15 is 0 Å². The number of aromatic nitrogens is 3. The summed E-state index contributed by atoms with van der Waals surface area (Å²) in [5.74, 6) is 0.311. The van der Waals surface area contributed by atoms with E-state index in [9.17, 15) is 9.65 Å². The van der Waals surface area contributed by atoms with Crippen molar-refractivity contribution in [3.05, 3.63) is 101 Å². The summed E-state index contributed by atoms with van der Waals surface area (Å²) < 4.78 is 16.4. The molecule has 0 fully saturated rings. The summed E-state index contributed by atoms with van der Waals surface area (Å²) in [4.78, 5) is 7.80. The Balaban J connectivity index is 1.67. The van der Waals surface area contributed by atoms with Crippen molar-refractivity contribution in [2.75, 3.05) is 0 Å². The monoisotopic (exact) mass is 406 g/mol. The van der Waals surface area contributed by atoms with Gasteiger partial charge in [-0.15, -0.1) is 0 Å². The fourth-order valence-electron chi connectivity index (χ4n) is 4.02. The van der Waals surface area contributed by atoms with Crippen molar-refractivity contribution in [3.63, 3.8) is 0 Å². The first-order valence-corrected chi connectivity index (χ1v) is 10.0. The summed E-state index contributed by atoms with van der Waals surface area (Å²) in [5.41, 5.74) is 5.68. The van der Waals surface area contributed by atoms with Gasteiger partial charge >= 0.3 is 0 Å². The first-order chi connectivity index (χ1) is 15.2. The predicted octanol–water partition coefficient (Wildman–Crippen LogP) is 6.08. The third kappa shape index (κ3) is 3.28. The van der Waals surface area contributed by atoms with E-state index in [-0.39, 0.29) is 5.82 Å². The largest absolute Gasteiger partial charge is 0.340 e. The van der Waals surface area contributed by atoms with E-state index in [1.807, 2.05) is 67.6 Å². The van der Waals surface area contributed by atoms with E-state index < -0.39 is 0 Å². The van der Waals surface area contributed by atoms with E-state index in [2.05, 4.69) is 20.6 Å². The number of nitrogens with one attached hydrogen (secondary N) is 1. The SMILES string of the molecule is Cc1c(C=C(C#N)c2nc3ccccc3[nH]2)c2ccccc2n1Cc1ccccc1F. The van der Waals surface area contributed by atoms with Gasteiger partial charge in [0.05, 0.1) is 23.2 Å². The highest BCUT2D eigenvalue weighted by molar-refractivity contribution is 5.99. The molecule has 5 rings (SSSR count). The Morgan fingerprint density at radius 3 is 2.61 bits per heavy atom. The Morgan fingerprint density at radius 1 is 1.06 bits per heavy atom. The van der Waals surface area contributed by atoms with E-state index in [0.29, 0.717) is 23.5 Å². The molecular formula is C26H19FN4. The molecule has 0 aliphatic heterocycles. The molecular weight excluding hydrogens is 387 g/mol. The third-order valence-corrected chi connectivity index (χ3v) is 5.62. The minimum absolute atomic E-state index is 0.225. The van der Waals surface area contributed by atoms with Crippen LogP contribution in [0.5, 0.6) is 0 Å². The molecule has 0 aliphatic rings. The Hall–Kier alpha value is -4.17. The van der Waals surface area contributed by atoms with Gasteiger partial charge in [-0.2, -0.15) is 5.26 Å². The first-order valence-electron chi connectivity index (χ1n) is 10.0. The number of hydrogen-bond acceptors (Lipinski definition) is 2. The lowest BCUT2D eigenvalue weighted by Gasteiger charge is -2.09. The molecule has 0 radical (unpaired) electrons. The van der Waals surface area contributed by atoms with Crippen molar-refractivity contribution in [2.24, 2.45) is 0 Å². The van der Waals surface area contributed by atoms with Crippen molar-refractivity contribution in [1.29, 1.82) is 5.26 Å². The average molecular weight is 406 g/mol. The number of benzene rings is 3. The van der Waals surface area contributed by atoms with Crippen LogP contribution >= 0.6 is 0 Å². The molecule has 5 aromatic rings. The number of halogens is 1. The molecule has 2 heterocycles. The number of H-pyrrole nitrogens is 1. The van der Waals surface area contributed by atoms with Gasteiger partial charge < -0.3 is 9.55 Å². The molecule has 150 valence electrons. The van der Waals surface area contributed by atoms with Gasteiger partial charge in [0.2, 0.25) is 0 Å². The minimum Gasteiger partial charge on any atom is -0.340 e. The molecule has 0 atom stereocenters. The molecule has 5 heteroatoms. The highest BCUT2D eigenvalue weighted by Gasteiger charge is 2.16. The third-order valence-electron chi connectivity index (χ3n) is 5.62. The van der Waals surface area contributed by atoms with E-state index in [0.717, 1.165) is 33.2 Å². The molecule has 3 aromatic carbocycles. The summed E-state index contributed by atoms with van der Waals surface area (Å²) in [5, 5.41) is 10.9. The van der Waals surface area contributed by atoms with Crippen LogP contribution in [0.25, 0.3) is 33.6 Å². The normalized spacial score (nSPS) is 11.8. The second kappa shape index (κ2) is 7.58. The highest BCUT2D eigenvalue weighted by atomic mass is 19.1. The van der Waals surface area contributed by atoms with Crippen LogP contribution < -0.4 is 0 Å². The minimum atomic E-state index is -0.225. The van der Waals surface area contributed by atoms with Gasteiger partial charge in [-0.1, -0.05) is 48.5 Å². The molecule has 2 aromatic heterocycles. The standard InChI is InChI=1S/C26H19FN4/c1-17-21(14-19(15-28)26-29-23-11-5-6-12-24(23)30-26)20-9-3-7-13-25(20)31(17)16-18-8-2-4-10-22(18)27/h2-14H,16H2,1H3,(H,29,30). The number of rotatable bonds is 4. The van der Waals surface area contributed by atoms with E-state index in [1.165, 1.54) is 6.07 Å². The molecule has 0 saturated carbocycles. The molecule has 0 amide bonds. The number of nitrogens with zero attached hydrogens (tertiary/aromatic N) is 3. The molecule has 0 saturated heterocycles. The Morgan fingerprint density at radius 2 is 1.81 bits per heavy atom. The number of hydrogen-bond donors (Lipinski definition) is 1. The average Bonchev–Trinajstić information content (AvgIpc) is 3.33. The number of aromatic amines is 1. The lowest BCUT2D eigenvalue weighted by atomic mass is 10.1. The van der Waals surface area contributed by atoms with Gasteiger partial charge in [0.1, 0.15) is 17.7 Å². The number of nitriles is 1. The lowest BCUT2D eigenvalue weighted by molar-refractivity contribution is 0.600. The second-order valence-corrected chi connectivity index (χ2v) is 7.47. The van der Waals surface area contributed by atoms with Gasteiger partial charge in [0, 0.05) is 27.7 Å². The van der Waals surface area contributed by atoms with Crippen LogP contribution in [0.2, 0.25) is 0 Å². The van der Waals surface area contributed by atoms with Crippen molar-refractivity contribution in [3.8, 4) is 6.07 Å². The zero-order valence-corrected chi connectivity index (χ0v) is 16.9. The number of allylic oxidation sites excluding steroid dienone is 1. The first kappa shape index (κ1) is 18.8. The van der Waals surface area contributed by atoms with Gasteiger partial charge in [-0.3, -0.25) is 0 Å². The Bertz CT molecular complexity index is 1460. The second-order valence-electron chi connectivity index (χ2n) is 7.47. The van der Waals surface area contributed by atoms with E-state index in [4.69, 9.17) is 0 Å². The maximum atomic E-state index is 14.3. The molecule has 1 N–H and O–H groups in total. The molecule has 0 bridgehead atoms. The fraction of sp³-hybridized carbons (Fsp3) is 0.0769. The van der Waals surface area contributed by atoms with Crippen LogP contribution in [0.4, 0.5) is 4.39 Å². The predicted molar refractivity (Wildman–Crippen MR) is 122 cm³/mol. The molecule has 0 aliphatic carbocycles. The molecule has 31 heavy (non-hydrogen) atoms. The van der Waals surface area contributed by atoms with Crippen LogP contribution in [-0.2, 0) is 6.54 Å². The summed E-state index contributed by atoms with van der Waals surface area (Å²) in [6.07, 6.45) is 1.87. The zero-order chi connectivity index (χ0) is 21.4. The van der Waals surface area contributed by atoms with Gasteiger partial charge in [-0.25, -0.2) is 9.37 Å². The Labute approximate surface area is 178 Å². The van der Waals surface area contributed by atoms with Crippen LogP contribution in [0.3, 0.4) is 0 Å². The van der Waals surface area contributed by atoms with Crippen molar-refractivity contribution in [2.45, 2.75) is 13.5 Å². The number of imidazole rings is 1. The summed E-state index contributed by atoms with van der Waals surface area (Å²) in [6, 6.07) is 24.8. The molecule has 0 spiro atoms. The topological polar surface area (TPSA) is 57.4 Å². The quantitative estimate of drug-likeness (QED) is 0.368. The smallest absolute Gasteiger partial charge is 0.149 e. The van der Waals surface area contributed by atoms with Gasteiger partial charge in [0.15, 0.2) is 0 Å². The maximum Gasteiger partial charge on any atom is 0.149 e. The van der Waals surface area contributed by atoms with E-state index in [1.54, 1.807) is 12.1 Å². The van der Waals surface area contributed by atoms with Crippen molar-refractivity contribution < 1.29 is 4.39 Å². The Kier molecular flexibility index (Phi) is 4.61. The maximum absolute atomic E-state index is 14.3. The molecule has 4 nitrogen and oxygen atoms in total. The lowest BCUT2D eigenvalue weighted by Crippen LogP contribution is -2.03. The summed E-state index contributed by atoms with van der Waals surface area (Å²) in [6.45, 7) is 2.42. The molecule has 0 unspecified atom stereocenters. The zero-order valence-electron chi connectivity index (χ0n) is 16.9. The highest BCUT2D eigenvalue weighted by Crippen LogP contribution is 2.30. The van der Waals surface area contributed by atoms with Gasteiger partial charge in [-0.05, 0) is 37.3 Å².